The molecule has 0 fully saturated rings. The molecule has 1 unspecified atom stereocenters. The van der Waals surface area contributed by atoms with Crippen molar-refractivity contribution >= 4 is 24.8 Å². The van der Waals surface area contributed by atoms with Gasteiger partial charge in [0.15, 0.2) is 0 Å². The van der Waals surface area contributed by atoms with E-state index in [1.165, 1.54) is 87.9 Å². The van der Waals surface area contributed by atoms with E-state index in [0.717, 1.165) is 0 Å². The standard InChI is InChI=1S/C17H17.C13H10.C10H15.2ClH.Zr/c1-10-5-14-9-15-6-11(2)13(4)8-17(15)16(14)7-12(10)3;1-3-7-12(8-4-1)11-13-9-5-2-6-10-13;1-8-5-6-9(7-8)10(2,3)4;;;/h5-9H,1-4H3;1-10H;6-8H,1-4H3;2*1H;/q-1;;-1;;;+2/p-2. The van der Waals surface area contributed by atoms with Gasteiger partial charge in [-0.05, 0) is 27.7 Å². The van der Waals surface area contributed by atoms with Gasteiger partial charge in [-0.15, -0.1) is 39.7 Å². The second kappa shape index (κ2) is 16.0. The van der Waals surface area contributed by atoms with Crippen molar-refractivity contribution in [2.45, 2.75) is 55.4 Å². The van der Waals surface area contributed by atoms with Gasteiger partial charge in [-0.3, -0.25) is 6.08 Å². The van der Waals surface area contributed by atoms with Crippen LogP contribution in [0.15, 0.2) is 109 Å². The Bertz CT molecular complexity index is 1610. The molecule has 0 bridgehead atoms. The van der Waals surface area contributed by atoms with Crippen LogP contribution in [-0.4, -0.2) is 3.21 Å². The van der Waals surface area contributed by atoms with Crippen LogP contribution in [0, 0.1) is 45.1 Å². The first-order chi connectivity index (χ1) is 19.4. The minimum absolute atomic E-state index is 0. The van der Waals surface area contributed by atoms with E-state index in [2.05, 4.69) is 165 Å². The van der Waals surface area contributed by atoms with Crippen LogP contribution in [0.4, 0.5) is 0 Å². The van der Waals surface area contributed by atoms with Crippen molar-refractivity contribution in [3.8, 4) is 0 Å². The molecule has 1 atom stereocenters. The third kappa shape index (κ3) is 9.52. The zero-order valence-corrected chi connectivity index (χ0v) is 30.6. The maximum absolute atomic E-state index is 3.26. The summed E-state index contributed by atoms with van der Waals surface area (Å²) in [5.74, 6) is 0.522. The predicted molar refractivity (Wildman–Crippen MR) is 177 cm³/mol. The average Bonchev–Trinajstić information content (AvgIpc) is 3.54. The summed E-state index contributed by atoms with van der Waals surface area (Å²) in [5, 5.41) is 5.53. The van der Waals surface area contributed by atoms with E-state index in [4.69, 9.17) is 0 Å². The number of benzene rings is 4. The van der Waals surface area contributed by atoms with Crippen LogP contribution in [-0.2, 0) is 24.2 Å². The van der Waals surface area contributed by atoms with E-state index >= 15 is 0 Å². The molecule has 0 saturated heterocycles. The number of halogens is 2. The van der Waals surface area contributed by atoms with Crippen molar-refractivity contribution in [3.63, 3.8) is 0 Å². The fraction of sp³-hybridized carbons (Fsp3) is 0.250. The second-order valence-electron chi connectivity index (χ2n) is 12.3. The molecule has 1 aliphatic carbocycles. The molecule has 0 heterocycles. The number of allylic oxidation sites excluding steroid dienone is 4. The molecule has 0 N–H and O–H groups in total. The first-order valence-corrected chi connectivity index (χ1v) is 15.8. The molecule has 0 radical (unpaired) electrons. The molecule has 5 aromatic rings. The van der Waals surface area contributed by atoms with Gasteiger partial charge in [0.05, 0.1) is 0 Å². The first kappa shape index (κ1) is 36.8. The van der Waals surface area contributed by atoms with Gasteiger partial charge in [-0.2, -0.15) is 11.6 Å². The summed E-state index contributed by atoms with van der Waals surface area (Å²) in [6.45, 7) is 17.6. The molecule has 1 aliphatic rings. The van der Waals surface area contributed by atoms with E-state index in [-0.39, 0.29) is 24.8 Å². The van der Waals surface area contributed by atoms with Crippen LogP contribution in [0.2, 0.25) is 0 Å². The second-order valence-corrected chi connectivity index (χ2v) is 13.5. The number of rotatable bonds is 2. The molecule has 0 spiro atoms. The molecule has 5 aromatic carbocycles. The van der Waals surface area contributed by atoms with E-state index in [1.54, 1.807) is 0 Å². The Morgan fingerprint density at radius 3 is 1.40 bits per heavy atom. The molecule has 0 aromatic heterocycles. The van der Waals surface area contributed by atoms with E-state index in [1.807, 2.05) is 0 Å². The van der Waals surface area contributed by atoms with Crippen molar-refractivity contribution in [2.24, 2.45) is 11.3 Å². The molecule has 6 rings (SSSR count). The normalized spacial score (nSPS) is 13.6. The van der Waals surface area contributed by atoms with Crippen molar-refractivity contribution in [1.29, 1.82) is 0 Å². The van der Waals surface area contributed by atoms with Gasteiger partial charge >= 0.3 is 99.2 Å². The fourth-order valence-electron chi connectivity index (χ4n) is 4.98. The van der Waals surface area contributed by atoms with Gasteiger partial charge in [0, 0.05) is 0 Å². The van der Waals surface area contributed by atoms with Gasteiger partial charge in [0.25, 0.3) is 0 Å². The number of hydrogen-bond donors (Lipinski definition) is 0. The Labute approximate surface area is 286 Å². The maximum atomic E-state index is 3.26. The minimum atomic E-state index is 0. The topological polar surface area (TPSA) is 0 Å². The molecule has 0 saturated carbocycles. The summed E-state index contributed by atoms with van der Waals surface area (Å²) < 4.78 is 1.42. The molecule has 0 nitrogen and oxygen atoms in total. The van der Waals surface area contributed by atoms with E-state index in [0.29, 0.717) is 11.3 Å². The summed E-state index contributed by atoms with van der Waals surface area (Å²) in [5.41, 5.74) is 9.89. The van der Waals surface area contributed by atoms with Crippen LogP contribution < -0.4 is 24.8 Å². The van der Waals surface area contributed by atoms with Crippen LogP contribution >= 0.6 is 0 Å². The third-order valence-corrected chi connectivity index (χ3v) is 9.27. The summed E-state index contributed by atoms with van der Waals surface area (Å²) in [6, 6.07) is 32.7. The average molecular weight is 685 g/mol. The van der Waals surface area contributed by atoms with Gasteiger partial charge in [-0.25, -0.2) is 6.08 Å². The molecule has 0 aliphatic heterocycles. The summed E-state index contributed by atoms with van der Waals surface area (Å²) in [4.78, 5) is 0. The van der Waals surface area contributed by atoms with Gasteiger partial charge in [0.2, 0.25) is 0 Å². The Morgan fingerprint density at radius 2 is 1.07 bits per heavy atom. The van der Waals surface area contributed by atoms with Crippen molar-refractivity contribution in [1.82, 2.24) is 0 Å². The summed E-state index contributed by atoms with van der Waals surface area (Å²) >= 11 is 1.46. The Kier molecular flexibility index (Phi) is 13.7. The van der Waals surface area contributed by atoms with Gasteiger partial charge in [-0.1, -0.05) is 73.4 Å². The fourth-order valence-corrected chi connectivity index (χ4v) is 5.80. The van der Waals surface area contributed by atoms with Crippen LogP contribution in [0.25, 0.3) is 21.5 Å². The molecular weight excluding hydrogens is 643 g/mol. The molecular formula is C40H42Cl2Zr-2. The number of fused-ring (bicyclic) bond motifs is 3. The first-order valence-electron chi connectivity index (χ1n) is 14.5. The van der Waals surface area contributed by atoms with Crippen LogP contribution in [0.5, 0.6) is 0 Å². The molecule has 3 heteroatoms. The quantitative estimate of drug-likeness (QED) is 0.236. The summed E-state index contributed by atoms with van der Waals surface area (Å²) in [7, 11) is 0. The van der Waals surface area contributed by atoms with Crippen molar-refractivity contribution in [2.75, 3.05) is 0 Å². The zero-order chi connectivity index (χ0) is 29.7. The zero-order valence-electron chi connectivity index (χ0n) is 26.6. The third-order valence-electron chi connectivity index (χ3n) is 7.86. The molecule has 43 heavy (non-hydrogen) atoms. The van der Waals surface area contributed by atoms with Crippen LogP contribution in [0.3, 0.4) is 0 Å². The Hall–Kier alpha value is -2.44. The molecule has 0 amide bonds. The Balaban J connectivity index is 0.000000227. The van der Waals surface area contributed by atoms with Crippen molar-refractivity contribution in [3.05, 3.63) is 148 Å². The van der Waals surface area contributed by atoms with Gasteiger partial charge in [0.1, 0.15) is 0 Å². The molecule has 222 valence electrons. The van der Waals surface area contributed by atoms with Crippen LogP contribution in [0.1, 0.15) is 61.1 Å². The van der Waals surface area contributed by atoms with E-state index < -0.39 is 0 Å². The SMILES string of the molecule is CC1[C-]=CC(C(C)(C)C)=C1.Cc1cc2[cH-]c3cc(C)c(C)cc3c2cc1C.[Cl-].[Cl-].[Zr+2]=[C](c1ccccc1)c1ccccc1. The number of aryl methyl sites for hydroxylation is 4. The monoisotopic (exact) mass is 682 g/mol. The summed E-state index contributed by atoms with van der Waals surface area (Å²) in [6.07, 6.45) is 7.65. The van der Waals surface area contributed by atoms with Crippen molar-refractivity contribution < 1.29 is 49.0 Å². The van der Waals surface area contributed by atoms with E-state index in [9.17, 15) is 0 Å². The van der Waals surface area contributed by atoms with Gasteiger partial charge < -0.3 is 24.8 Å². The Morgan fingerprint density at radius 1 is 0.674 bits per heavy atom. The predicted octanol–water partition coefficient (Wildman–Crippen LogP) is 4.72. The number of hydrogen-bond acceptors (Lipinski definition) is 0.